The molecule has 28 heavy (non-hydrogen) atoms. The third-order valence-corrected chi connectivity index (χ3v) is 6.61. The highest BCUT2D eigenvalue weighted by molar-refractivity contribution is 7.89. The zero-order chi connectivity index (χ0) is 20.1. The first kappa shape index (κ1) is 18.7. The van der Waals surface area contributed by atoms with Gasteiger partial charge in [0.15, 0.2) is 11.6 Å². The molecule has 0 spiro atoms. The van der Waals surface area contributed by atoms with Crippen LogP contribution in [0.15, 0.2) is 59.6 Å². The van der Waals surface area contributed by atoms with Gasteiger partial charge >= 0.3 is 0 Å². The minimum absolute atomic E-state index is 0.0520. The molecule has 0 radical (unpaired) electrons. The van der Waals surface area contributed by atoms with Crippen LogP contribution in [-0.2, 0) is 16.6 Å². The number of halogens is 4. The molecule has 9 heteroatoms. The number of fused-ring (bicyclic) bond motifs is 1. The van der Waals surface area contributed by atoms with Crippen molar-refractivity contribution in [2.24, 2.45) is 0 Å². The van der Waals surface area contributed by atoms with Crippen molar-refractivity contribution >= 4 is 10.0 Å². The Balaban J connectivity index is 1.89. The van der Waals surface area contributed by atoms with E-state index in [1.807, 2.05) is 0 Å². The molecule has 2 heterocycles. The number of nitrogens with zero attached hydrogens (tertiary/aromatic N) is 2. The Morgan fingerprint density at radius 3 is 2.36 bits per heavy atom. The summed E-state index contributed by atoms with van der Waals surface area (Å²) in [4.78, 5) is -0.805. The number of benzene rings is 2. The van der Waals surface area contributed by atoms with Crippen molar-refractivity contribution in [1.29, 1.82) is 0 Å². The van der Waals surface area contributed by atoms with Gasteiger partial charge in [0, 0.05) is 25.0 Å². The Hall–Kier alpha value is -2.65. The van der Waals surface area contributed by atoms with E-state index in [-0.39, 0.29) is 18.7 Å². The molecule has 2 aromatic carbocycles. The van der Waals surface area contributed by atoms with E-state index in [1.165, 1.54) is 6.07 Å². The normalized spacial score (nSPS) is 17.5. The standard InChI is InChI=1S/C19H14F4N2O2S/c20-13-4-6-15(22)18(11-13)28(26,27)25-9-8-24-7-1-2-17(24)19(25)12-3-5-14(21)16(23)10-12/h1-7,10-11,19H,8-9H2/t19-/m0/s1. The lowest BCUT2D eigenvalue weighted by atomic mass is 10.0. The zero-order valence-corrected chi connectivity index (χ0v) is 15.1. The first-order valence-electron chi connectivity index (χ1n) is 8.36. The Kier molecular flexibility index (Phi) is 4.51. The monoisotopic (exact) mass is 410 g/mol. The number of hydrogen-bond acceptors (Lipinski definition) is 2. The maximum Gasteiger partial charge on any atom is 0.247 e. The van der Waals surface area contributed by atoms with E-state index in [0.29, 0.717) is 11.8 Å². The van der Waals surface area contributed by atoms with Gasteiger partial charge in [0.1, 0.15) is 16.5 Å². The molecule has 4 nitrogen and oxygen atoms in total. The summed E-state index contributed by atoms with van der Waals surface area (Å²) in [6.07, 6.45) is 1.73. The second kappa shape index (κ2) is 6.75. The molecular formula is C19H14F4N2O2S. The molecule has 0 fully saturated rings. The second-order valence-electron chi connectivity index (χ2n) is 6.39. The van der Waals surface area contributed by atoms with Crippen LogP contribution in [0.2, 0.25) is 0 Å². The largest absolute Gasteiger partial charge is 0.348 e. The molecule has 1 aromatic heterocycles. The number of hydrogen-bond donors (Lipinski definition) is 0. The van der Waals surface area contributed by atoms with Gasteiger partial charge in [0.2, 0.25) is 10.0 Å². The highest BCUT2D eigenvalue weighted by Gasteiger charge is 2.39. The van der Waals surface area contributed by atoms with E-state index >= 15 is 0 Å². The van der Waals surface area contributed by atoms with Crippen molar-refractivity contribution in [3.05, 3.63) is 89.3 Å². The van der Waals surface area contributed by atoms with Gasteiger partial charge < -0.3 is 4.57 Å². The first-order valence-corrected chi connectivity index (χ1v) is 9.80. The molecule has 0 saturated heterocycles. The van der Waals surface area contributed by atoms with E-state index in [1.54, 1.807) is 22.9 Å². The van der Waals surface area contributed by atoms with E-state index in [4.69, 9.17) is 0 Å². The van der Waals surface area contributed by atoms with E-state index in [2.05, 4.69) is 0 Å². The minimum Gasteiger partial charge on any atom is -0.348 e. The fraction of sp³-hybridized carbons (Fsp3) is 0.158. The average molecular weight is 410 g/mol. The zero-order valence-electron chi connectivity index (χ0n) is 14.3. The van der Waals surface area contributed by atoms with Gasteiger partial charge in [0.25, 0.3) is 0 Å². The fourth-order valence-corrected chi connectivity index (χ4v) is 5.10. The quantitative estimate of drug-likeness (QED) is 0.616. The molecule has 1 aliphatic rings. The molecule has 1 aliphatic heterocycles. The Morgan fingerprint density at radius 2 is 1.61 bits per heavy atom. The molecule has 0 bridgehead atoms. The number of aromatic nitrogens is 1. The highest BCUT2D eigenvalue weighted by atomic mass is 32.2. The van der Waals surface area contributed by atoms with E-state index in [0.717, 1.165) is 28.6 Å². The summed E-state index contributed by atoms with van der Waals surface area (Å²) in [5.74, 6) is -4.19. The van der Waals surface area contributed by atoms with Gasteiger partial charge in [-0.3, -0.25) is 0 Å². The van der Waals surface area contributed by atoms with Crippen molar-refractivity contribution in [1.82, 2.24) is 8.87 Å². The molecule has 146 valence electrons. The molecule has 1 atom stereocenters. The smallest absolute Gasteiger partial charge is 0.247 e. The van der Waals surface area contributed by atoms with E-state index in [9.17, 15) is 26.0 Å². The van der Waals surface area contributed by atoms with Gasteiger partial charge in [-0.05, 0) is 48.0 Å². The highest BCUT2D eigenvalue weighted by Crippen LogP contribution is 2.37. The van der Waals surface area contributed by atoms with Crippen LogP contribution in [0.3, 0.4) is 0 Å². The van der Waals surface area contributed by atoms with Crippen molar-refractivity contribution in [2.75, 3.05) is 6.54 Å². The van der Waals surface area contributed by atoms with Gasteiger partial charge in [-0.2, -0.15) is 4.31 Å². The van der Waals surface area contributed by atoms with Crippen LogP contribution in [0.5, 0.6) is 0 Å². The van der Waals surface area contributed by atoms with Crippen LogP contribution in [-0.4, -0.2) is 23.8 Å². The molecule has 3 aromatic rings. The maximum atomic E-state index is 14.2. The van der Waals surface area contributed by atoms with Crippen molar-refractivity contribution in [3.8, 4) is 0 Å². The summed E-state index contributed by atoms with van der Waals surface area (Å²) in [7, 11) is -4.47. The van der Waals surface area contributed by atoms with Crippen molar-refractivity contribution < 1.29 is 26.0 Å². The lowest BCUT2D eigenvalue weighted by Crippen LogP contribution is -2.42. The Labute approximate surface area is 158 Å². The summed E-state index contributed by atoms with van der Waals surface area (Å²) in [5.41, 5.74) is 0.691. The molecule has 0 aliphatic carbocycles. The SMILES string of the molecule is O=S(=O)(c1cc(F)ccc1F)N1CCn2cccc2[C@@H]1c1ccc(F)c(F)c1. The molecule has 0 saturated carbocycles. The summed E-state index contributed by atoms with van der Waals surface area (Å²) in [6.45, 7) is 0.225. The predicted molar refractivity (Wildman–Crippen MR) is 92.9 cm³/mol. The summed E-state index contributed by atoms with van der Waals surface area (Å²) in [5, 5.41) is 0. The van der Waals surface area contributed by atoms with Crippen LogP contribution < -0.4 is 0 Å². The summed E-state index contributed by atoms with van der Waals surface area (Å²) in [6, 6.07) is 7.58. The average Bonchev–Trinajstić information content (AvgIpc) is 3.14. The van der Waals surface area contributed by atoms with E-state index < -0.39 is 44.2 Å². The Bertz CT molecular complexity index is 1160. The topological polar surface area (TPSA) is 42.3 Å². The third kappa shape index (κ3) is 3.00. The number of sulfonamides is 1. The van der Waals surface area contributed by atoms with Crippen LogP contribution in [0, 0.1) is 23.3 Å². The van der Waals surface area contributed by atoms with Crippen molar-refractivity contribution in [2.45, 2.75) is 17.5 Å². The molecule has 0 N–H and O–H groups in total. The maximum absolute atomic E-state index is 14.2. The molecule has 0 amide bonds. The first-order chi connectivity index (χ1) is 13.3. The minimum atomic E-state index is -4.47. The van der Waals surface area contributed by atoms with Crippen LogP contribution in [0.1, 0.15) is 17.3 Å². The van der Waals surface area contributed by atoms with Crippen molar-refractivity contribution in [3.63, 3.8) is 0 Å². The van der Waals surface area contributed by atoms with Crippen LogP contribution >= 0.6 is 0 Å². The molecule has 4 rings (SSSR count). The molecule has 0 unspecified atom stereocenters. The molecular weight excluding hydrogens is 396 g/mol. The number of rotatable bonds is 3. The lowest BCUT2D eigenvalue weighted by Gasteiger charge is -2.36. The summed E-state index contributed by atoms with van der Waals surface area (Å²) < 4.78 is 84.2. The third-order valence-electron chi connectivity index (χ3n) is 4.73. The fourth-order valence-electron chi connectivity index (χ4n) is 3.44. The van der Waals surface area contributed by atoms with Gasteiger partial charge in [-0.25, -0.2) is 26.0 Å². The predicted octanol–water partition coefficient (Wildman–Crippen LogP) is 3.84. The van der Waals surface area contributed by atoms with Gasteiger partial charge in [0.05, 0.1) is 6.04 Å². The van der Waals surface area contributed by atoms with Gasteiger partial charge in [-0.1, -0.05) is 6.07 Å². The lowest BCUT2D eigenvalue weighted by molar-refractivity contribution is 0.296. The van der Waals surface area contributed by atoms with Gasteiger partial charge in [-0.15, -0.1) is 0 Å². The Morgan fingerprint density at radius 1 is 0.857 bits per heavy atom. The van der Waals surface area contributed by atoms with Crippen LogP contribution in [0.4, 0.5) is 17.6 Å². The van der Waals surface area contributed by atoms with Crippen LogP contribution in [0.25, 0.3) is 0 Å². The second-order valence-corrected chi connectivity index (χ2v) is 8.25. The summed E-state index contributed by atoms with van der Waals surface area (Å²) >= 11 is 0.